The molecular weight excluding hydrogens is 402 g/mol. The third kappa shape index (κ3) is 3.65. The lowest BCUT2D eigenvalue weighted by atomic mass is 10.1. The van der Waals surface area contributed by atoms with Gasteiger partial charge in [0.05, 0.1) is 46.6 Å². The molecule has 9 nitrogen and oxygen atoms in total. The normalized spacial score (nSPS) is 10.7. The molecule has 4 aromatic rings. The van der Waals surface area contributed by atoms with E-state index in [1.165, 1.54) is 0 Å². The van der Waals surface area contributed by atoms with E-state index >= 15 is 0 Å². The van der Waals surface area contributed by atoms with Crippen molar-refractivity contribution in [2.75, 3.05) is 35.5 Å². The van der Waals surface area contributed by atoms with Crippen molar-refractivity contribution in [1.82, 2.24) is 15.1 Å². The average molecular weight is 423 g/mol. The summed E-state index contributed by atoms with van der Waals surface area (Å²) in [6.07, 6.45) is 0. The molecule has 0 aliphatic heterocycles. The van der Waals surface area contributed by atoms with E-state index in [0.29, 0.717) is 40.1 Å². The monoisotopic (exact) mass is 423 g/mol. The van der Waals surface area contributed by atoms with Crippen molar-refractivity contribution in [2.45, 2.75) is 0 Å². The Hall–Kier alpha value is -4.01. The number of nitrogens with zero attached hydrogens (tertiary/aromatic N) is 3. The van der Waals surface area contributed by atoms with Crippen molar-refractivity contribution in [3.8, 4) is 51.7 Å². The number of hydrogen-bond donors (Lipinski definition) is 0. The van der Waals surface area contributed by atoms with Crippen molar-refractivity contribution in [1.29, 1.82) is 0 Å². The summed E-state index contributed by atoms with van der Waals surface area (Å²) in [6.45, 7) is 0. The van der Waals surface area contributed by atoms with E-state index in [-0.39, 0.29) is 5.89 Å². The van der Waals surface area contributed by atoms with E-state index in [1.54, 1.807) is 47.7 Å². The highest BCUT2D eigenvalue weighted by Crippen LogP contribution is 2.41. The third-order valence-electron chi connectivity index (χ3n) is 4.76. The van der Waals surface area contributed by atoms with E-state index < -0.39 is 0 Å². The number of methoxy groups -OCH3 is 5. The summed E-state index contributed by atoms with van der Waals surface area (Å²) in [5.41, 5.74) is 1.96. The van der Waals surface area contributed by atoms with Gasteiger partial charge in [0.2, 0.25) is 17.5 Å². The number of benzene rings is 2. The predicted octanol–water partition coefficient (Wildman–Crippen LogP) is 3.99. The Morgan fingerprint density at radius 3 is 2.10 bits per heavy atom. The van der Waals surface area contributed by atoms with Crippen LogP contribution < -0.4 is 23.7 Å². The van der Waals surface area contributed by atoms with E-state index in [0.717, 1.165) is 16.7 Å². The largest absolute Gasteiger partial charge is 0.497 e. The molecule has 160 valence electrons. The summed E-state index contributed by atoms with van der Waals surface area (Å²) in [7, 11) is 7.78. The van der Waals surface area contributed by atoms with Crippen LogP contribution >= 0.6 is 0 Å². The number of aromatic nitrogens is 3. The molecule has 0 saturated carbocycles. The van der Waals surface area contributed by atoms with Gasteiger partial charge in [-0.3, -0.25) is 0 Å². The molecule has 0 unspecified atom stereocenters. The zero-order valence-electron chi connectivity index (χ0n) is 17.8. The second-order valence-corrected chi connectivity index (χ2v) is 6.44. The Morgan fingerprint density at radius 1 is 0.742 bits per heavy atom. The van der Waals surface area contributed by atoms with Crippen LogP contribution in [0.25, 0.3) is 33.7 Å². The molecule has 4 rings (SSSR count). The fraction of sp³-hybridized carbons (Fsp3) is 0.227. The minimum absolute atomic E-state index is 0.280. The standard InChI is InChI=1S/C22H21N3O6/c1-26-14-6-7-16-12(8-14)9-15(22(23-16)30-5)20-24-21(31-25-20)13-10-17(27-2)19(29-4)18(11-13)28-3/h6-11H,1-5H3. The summed E-state index contributed by atoms with van der Waals surface area (Å²) in [5.74, 6) is 3.15. The molecule has 0 N–H and O–H groups in total. The van der Waals surface area contributed by atoms with E-state index in [2.05, 4.69) is 15.1 Å². The Labute approximate surface area is 178 Å². The highest BCUT2D eigenvalue weighted by Gasteiger charge is 2.20. The second-order valence-electron chi connectivity index (χ2n) is 6.44. The Balaban J connectivity index is 1.81. The molecule has 0 bridgehead atoms. The maximum Gasteiger partial charge on any atom is 0.258 e. The van der Waals surface area contributed by atoms with Gasteiger partial charge in [0.25, 0.3) is 5.89 Å². The molecular formula is C22H21N3O6. The van der Waals surface area contributed by atoms with Crippen LogP contribution in [-0.2, 0) is 0 Å². The topological polar surface area (TPSA) is 98.0 Å². The molecule has 0 atom stereocenters. The maximum absolute atomic E-state index is 5.51. The summed E-state index contributed by atoms with van der Waals surface area (Å²) in [6, 6.07) is 10.9. The van der Waals surface area contributed by atoms with Crippen molar-refractivity contribution in [2.24, 2.45) is 0 Å². The van der Waals surface area contributed by atoms with Crippen molar-refractivity contribution >= 4 is 10.9 Å². The summed E-state index contributed by atoms with van der Waals surface area (Å²) < 4.78 is 32.4. The molecule has 0 saturated heterocycles. The van der Waals surface area contributed by atoms with Crippen LogP contribution in [0, 0.1) is 0 Å². The Morgan fingerprint density at radius 2 is 1.48 bits per heavy atom. The second kappa shape index (κ2) is 8.39. The number of hydrogen-bond acceptors (Lipinski definition) is 9. The summed E-state index contributed by atoms with van der Waals surface area (Å²) in [5, 5.41) is 4.98. The third-order valence-corrected chi connectivity index (χ3v) is 4.76. The highest BCUT2D eigenvalue weighted by atomic mass is 16.5. The molecule has 0 fully saturated rings. The molecule has 2 aromatic carbocycles. The van der Waals surface area contributed by atoms with Gasteiger partial charge in [-0.2, -0.15) is 4.98 Å². The average Bonchev–Trinajstić information content (AvgIpc) is 3.31. The van der Waals surface area contributed by atoms with Crippen molar-refractivity contribution in [3.05, 3.63) is 36.4 Å². The SMILES string of the molecule is COc1ccc2nc(OC)c(-c3noc(-c4cc(OC)c(OC)c(OC)c4)n3)cc2c1. The Bertz CT molecular complexity index is 1210. The first kappa shape index (κ1) is 20.3. The van der Waals surface area contributed by atoms with Crippen LogP contribution in [0.1, 0.15) is 0 Å². The first-order valence-corrected chi connectivity index (χ1v) is 9.29. The van der Waals surface area contributed by atoms with Gasteiger partial charge in [0.15, 0.2) is 11.5 Å². The minimum Gasteiger partial charge on any atom is -0.497 e. The molecule has 31 heavy (non-hydrogen) atoms. The molecule has 0 amide bonds. The van der Waals surface area contributed by atoms with E-state index in [4.69, 9.17) is 28.2 Å². The highest BCUT2D eigenvalue weighted by molar-refractivity contribution is 5.86. The predicted molar refractivity (Wildman–Crippen MR) is 113 cm³/mol. The van der Waals surface area contributed by atoms with Crippen LogP contribution in [0.5, 0.6) is 28.9 Å². The Kier molecular flexibility index (Phi) is 5.48. The lowest BCUT2D eigenvalue weighted by Crippen LogP contribution is -1.96. The number of fused-ring (bicyclic) bond motifs is 1. The zero-order chi connectivity index (χ0) is 22.0. The van der Waals surface area contributed by atoms with E-state index in [1.807, 2.05) is 24.3 Å². The van der Waals surface area contributed by atoms with Gasteiger partial charge in [-0.15, -0.1) is 0 Å². The lowest BCUT2D eigenvalue weighted by molar-refractivity contribution is 0.324. The quantitative estimate of drug-likeness (QED) is 0.437. The van der Waals surface area contributed by atoms with Crippen LogP contribution in [0.4, 0.5) is 0 Å². The fourth-order valence-electron chi connectivity index (χ4n) is 3.23. The van der Waals surface area contributed by atoms with Crippen molar-refractivity contribution < 1.29 is 28.2 Å². The summed E-state index contributed by atoms with van der Waals surface area (Å²) in [4.78, 5) is 9.08. The van der Waals surface area contributed by atoms with Gasteiger partial charge in [0.1, 0.15) is 5.75 Å². The molecule has 0 radical (unpaired) electrons. The van der Waals surface area contributed by atoms with Gasteiger partial charge in [-0.05, 0) is 36.4 Å². The van der Waals surface area contributed by atoms with Gasteiger partial charge in [-0.1, -0.05) is 5.16 Å². The van der Waals surface area contributed by atoms with Gasteiger partial charge >= 0.3 is 0 Å². The number of pyridine rings is 1. The van der Waals surface area contributed by atoms with Gasteiger partial charge in [-0.25, -0.2) is 4.98 Å². The first-order valence-electron chi connectivity index (χ1n) is 9.29. The maximum atomic E-state index is 5.51. The van der Waals surface area contributed by atoms with Crippen LogP contribution in [0.3, 0.4) is 0 Å². The van der Waals surface area contributed by atoms with Gasteiger partial charge in [0, 0.05) is 10.9 Å². The van der Waals surface area contributed by atoms with Crippen LogP contribution in [-0.4, -0.2) is 50.7 Å². The summed E-state index contributed by atoms with van der Waals surface area (Å²) >= 11 is 0. The fourth-order valence-corrected chi connectivity index (χ4v) is 3.23. The van der Waals surface area contributed by atoms with Gasteiger partial charge < -0.3 is 28.2 Å². The molecule has 2 aromatic heterocycles. The minimum atomic E-state index is 0.280. The molecule has 0 spiro atoms. The number of rotatable bonds is 7. The molecule has 2 heterocycles. The van der Waals surface area contributed by atoms with Crippen LogP contribution in [0.15, 0.2) is 40.9 Å². The molecule has 0 aliphatic carbocycles. The first-order chi connectivity index (χ1) is 15.1. The van der Waals surface area contributed by atoms with Crippen LogP contribution in [0.2, 0.25) is 0 Å². The lowest BCUT2D eigenvalue weighted by Gasteiger charge is -2.12. The number of ether oxygens (including phenoxy) is 5. The van der Waals surface area contributed by atoms with E-state index in [9.17, 15) is 0 Å². The van der Waals surface area contributed by atoms with Crippen molar-refractivity contribution in [3.63, 3.8) is 0 Å². The smallest absolute Gasteiger partial charge is 0.258 e. The molecule has 9 heteroatoms. The molecule has 0 aliphatic rings. The zero-order valence-corrected chi connectivity index (χ0v) is 17.8.